The van der Waals surface area contributed by atoms with Gasteiger partial charge in [-0.1, -0.05) is 0 Å². The highest BCUT2D eigenvalue weighted by Gasteiger charge is 2.06. The molecular weight excluding hydrogens is 246 g/mol. The fourth-order valence-corrected chi connectivity index (χ4v) is 1.75. The number of benzene rings is 2. The van der Waals surface area contributed by atoms with Crippen molar-refractivity contribution in [2.45, 2.75) is 19.9 Å². The summed E-state index contributed by atoms with van der Waals surface area (Å²) in [6.45, 7) is 4.01. The number of halogens is 2. The van der Waals surface area contributed by atoms with Crippen LogP contribution in [0.25, 0.3) is 0 Å². The maximum absolute atomic E-state index is 13.3. The largest absolute Gasteiger partial charge is 0.381 e. The van der Waals surface area contributed by atoms with E-state index < -0.39 is 0 Å². The van der Waals surface area contributed by atoms with Gasteiger partial charge in [0.25, 0.3) is 0 Å². The minimum atomic E-state index is -0.320. The van der Waals surface area contributed by atoms with E-state index in [-0.39, 0.29) is 17.7 Å². The van der Waals surface area contributed by atoms with E-state index in [4.69, 9.17) is 0 Å². The molecule has 2 aromatic carbocycles. The fourth-order valence-electron chi connectivity index (χ4n) is 1.75. The smallest absolute Gasteiger partial charge is 0.125 e. The molecule has 0 aromatic heterocycles. The molecule has 2 rings (SSSR count). The number of anilines is 3. The molecule has 4 heteroatoms. The summed E-state index contributed by atoms with van der Waals surface area (Å²) >= 11 is 0. The van der Waals surface area contributed by atoms with E-state index in [1.54, 1.807) is 18.2 Å². The first-order valence-electron chi connectivity index (χ1n) is 6.13. The van der Waals surface area contributed by atoms with Crippen molar-refractivity contribution in [3.8, 4) is 0 Å². The molecule has 19 heavy (non-hydrogen) atoms. The zero-order valence-electron chi connectivity index (χ0n) is 10.9. The Hall–Kier alpha value is -2.10. The Kier molecular flexibility index (Phi) is 4.00. The summed E-state index contributed by atoms with van der Waals surface area (Å²) in [5.74, 6) is -0.621. The summed E-state index contributed by atoms with van der Waals surface area (Å²) in [5, 5.41) is 6.31. The van der Waals surface area contributed by atoms with Gasteiger partial charge in [0.1, 0.15) is 11.6 Å². The van der Waals surface area contributed by atoms with Gasteiger partial charge < -0.3 is 10.6 Å². The van der Waals surface area contributed by atoms with Gasteiger partial charge in [0.05, 0.1) is 11.4 Å². The Morgan fingerprint density at radius 1 is 0.842 bits per heavy atom. The maximum Gasteiger partial charge on any atom is 0.125 e. The molecule has 0 radical (unpaired) electrons. The van der Waals surface area contributed by atoms with E-state index in [1.807, 2.05) is 13.8 Å². The van der Waals surface area contributed by atoms with Gasteiger partial charge >= 0.3 is 0 Å². The van der Waals surface area contributed by atoms with Crippen molar-refractivity contribution < 1.29 is 8.78 Å². The Balaban J connectivity index is 2.27. The highest BCUT2D eigenvalue weighted by molar-refractivity contribution is 5.74. The third kappa shape index (κ3) is 3.68. The van der Waals surface area contributed by atoms with Crippen LogP contribution in [0.2, 0.25) is 0 Å². The van der Waals surface area contributed by atoms with Crippen LogP contribution in [0.4, 0.5) is 25.8 Å². The average molecular weight is 262 g/mol. The van der Waals surface area contributed by atoms with Crippen molar-refractivity contribution in [3.05, 3.63) is 54.1 Å². The molecule has 2 nitrogen and oxygen atoms in total. The van der Waals surface area contributed by atoms with Crippen molar-refractivity contribution in [1.82, 2.24) is 0 Å². The van der Waals surface area contributed by atoms with Crippen LogP contribution in [0.5, 0.6) is 0 Å². The van der Waals surface area contributed by atoms with E-state index in [1.165, 1.54) is 24.3 Å². The normalized spacial score (nSPS) is 10.6. The number of rotatable bonds is 4. The van der Waals surface area contributed by atoms with Crippen LogP contribution in [-0.2, 0) is 0 Å². The number of hydrogen-bond donors (Lipinski definition) is 2. The lowest BCUT2D eigenvalue weighted by molar-refractivity contribution is 0.627. The molecule has 0 heterocycles. The van der Waals surface area contributed by atoms with Crippen molar-refractivity contribution in [2.75, 3.05) is 10.6 Å². The van der Waals surface area contributed by atoms with Gasteiger partial charge in [-0.15, -0.1) is 0 Å². The van der Waals surface area contributed by atoms with E-state index >= 15 is 0 Å². The Morgan fingerprint density at radius 3 is 2.11 bits per heavy atom. The van der Waals surface area contributed by atoms with Gasteiger partial charge in [-0.05, 0) is 56.3 Å². The maximum atomic E-state index is 13.3. The van der Waals surface area contributed by atoms with E-state index in [9.17, 15) is 8.78 Å². The third-order valence-corrected chi connectivity index (χ3v) is 2.55. The highest BCUT2D eigenvalue weighted by atomic mass is 19.1. The summed E-state index contributed by atoms with van der Waals surface area (Å²) in [5.41, 5.74) is 2.14. The van der Waals surface area contributed by atoms with Gasteiger partial charge in [0, 0.05) is 11.7 Å². The van der Waals surface area contributed by atoms with Crippen LogP contribution in [0.1, 0.15) is 13.8 Å². The van der Waals surface area contributed by atoms with Crippen molar-refractivity contribution in [2.24, 2.45) is 0 Å². The molecule has 0 bridgehead atoms. The predicted molar refractivity (Wildman–Crippen MR) is 74.8 cm³/mol. The summed E-state index contributed by atoms with van der Waals surface area (Å²) in [6.07, 6.45) is 0. The minimum absolute atomic E-state index is 0.235. The van der Waals surface area contributed by atoms with E-state index in [0.717, 1.165) is 5.69 Å². The van der Waals surface area contributed by atoms with Gasteiger partial charge in [0.15, 0.2) is 0 Å². The molecule has 0 saturated carbocycles. The van der Waals surface area contributed by atoms with Crippen LogP contribution < -0.4 is 10.6 Å². The lowest BCUT2D eigenvalue weighted by atomic mass is 10.2. The molecule has 0 amide bonds. The van der Waals surface area contributed by atoms with Gasteiger partial charge in [-0.3, -0.25) is 0 Å². The Morgan fingerprint density at radius 2 is 1.47 bits per heavy atom. The second-order valence-electron chi connectivity index (χ2n) is 4.62. The van der Waals surface area contributed by atoms with Crippen LogP contribution in [0, 0.1) is 11.6 Å². The summed E-state index contributed by atoms with van der Waals surface area (Å²) in [6, 6.07) is 10.7. The molecule has 0 aliphatic heterocycles. The van der Waals surface area contributed by atoms with Gasteiger partial charge in [0.2, 0.25) is 0 Å². The molecule has 0 spiro atoms. The molecule has 2 N–H and O–H groups in total. The average Bonchev–Trinajstić information content (AvgIpc) is 2.35. The van der Waals surface area contributed by atoms with Crippen LogP contribution in [0.15, 0.2) is 42.5 Å². The molecule has 0 aliphatic carbocycles. The number of nitrogens with one attached hydrogen (secondary N) is 2. The molecule has 0 atom stereocenters. The molecular formula is C15H16F2N2. The molecule has 0 aliphatic rings. The van der Waals surface area contributed by atoms with E-state index in [0.29, 0.717) is 11.4 Å². The summed E-state index contributed by atoms with van der Waals surface area (Å²) in [4.78, 5) is 0. The van der Waals surface area contributed by atoms with Crippen molar-refractivity contribution in [3.63, 3.8) is 0 Å². The van der Waals surface area contributed by atoms with E-state index in [2.05, 4.69) is 10.6 Å². The lowest BCUT2D eigenvalue weighted by Crippen LogP contribution is -2.11. The second kappa shape index (κ2) is 5.69. The van der Waals surface area contributed by atoms with Crippen LogP contribution in [0.3, 0.4) is 0 Å². The Labute approximate surface area is 111 Å². The predicted octanol–water partition coefficient (Wildman–Crippen LogP) is 4.53. The van der Waals surface area contributed by atoms with Gasteiger partial charge in [-0.2, -0.15) is 0 Å². The number of hydrogen-bond acceptors (Lipinski definition) is 2. The SMILES string of the molecule is CC(C)Nc1ccc(F)cc1Nc1ccc(F)cc1. The molecule has 2 aromatic rings. The Bertz CT molecular complexity index is 551. The quantitative estimate of drug-likeness (QED) is 0.846. The molecule has 100 valence electrons. The summed E-state index contributed by atoms with van der Waals surface area (Å²) < 4.78 is 26.2. The minimum Gasteiger partial charge on any atom is -0.381 e. The standard InChI is InChI=1S/C15H16F2N2/c1-10(2)18-14-8-5-12(17)9-15(14)19-13-6-3-11(16)4-7-13/h3-10,18-19H,1-2H3. The first kappa shape index (κ1) is 13.3. The van der Waals surface area contributed by atoms with Crippen molar-refractivity contribution in [1.29, 1.82) is 0 Å². The van der Waals surface area contributed by atoms with Gasteiger partial charge in [-0.25, -0.2) is 8.78 Å². The zero-order valence-corrected chi connectivity index (χ0v) is 10.9. The van der Waals surface area contributed by atoms with Crippen LogP contribution in [-0.4, -0.2) is 6.04 Å². The zero-order chi connectivity index (χ0) is 13.8. The monoisotopic (exact) mass is 262 g/mol. The topological polar surface area (TPSA) is 24.1 Å². The lowest BCUT2D eigenvalue weighted by Gasteiger charge is -2.16. The van der Waals surface area contributed by atoms with Crippen LogP contribution >= 0.6 is 0 Å². The molecule has 0 unspecified atom stereocenters. The molecule has 0 saturated heterocycles. The highest BCUT2D eigenvalue weighted by Crippen LogP contribution is 2.27. The third-order valence-electron chi connectivity index (χ3n) is 2.55. The summed E-state index contributed by atoms with van der Waals surface area (Å²) in [7, 11) is 0. The first-order chi connectivity index (χ1) is 9.04. The second-order valence-corrected chi connectivity index (χ2v) is 4.62. The molecule has 0 fully saturated rings. The first-order valence-corrected chi connectivity index (χ1v) is 6.13. The fraction of sp³-hybridized carbons (Fsp3) is 0.200. The van der Waals surface area contributed by atoms with Crippen molar-refractivity contribution >= 4 is 17.1 Å².